The van der Waals surface area contributed by atoms with Crippen LogP contribution in [-0.4, -0.2) is 43.0 Å². The number of primary sulfonamides is 1. The van der Waals surface area contributed by atoms with Crippen LogP contribution in [-0.2, 0) is 14.8 Å². The molecule has 0 radical (unpaired) electrons. The Kier molecular flexibility index (Phi) is 3.31. The predicted octanol–water partition coefficient (Wildman–Crippen LogP) is 0.0379. The van der Waals surface area contributed by atoms with Crippen LogP contribution >= 0.6 is 0 Å². The van der Waals surface area contributed by atoms with Crippen molar-refractivity contribution in [3.05, 3.63) is 23.1 Å². The van der Waals surface area contributed by atoms with E-state index in [0.717, 1.165) is 12.8 Å². The van der Waals surface area contributed by atoms with Crippen LogP contribution in [0, 0.1) is 0 Å². The van der Waals surface area contributed by atoms with Gasteiger partial charge < -0.3 is 5.11 Å². The van der Waals surface area contributed by atoms with Crippen molar-refractivity contribution in [3.8, 4) is 0 Å². The molecule has 1 atom stereocenters. The quantitative estimate of drug-likeness (QED) is 0.755. The number of carboxylic acid groups (broad SMARTS) is 1. The second-order valence-electron chi connectivity index (χ2n) is 4.62. The third kappa shape index (κ3) is 2.21. The Hall–Kier alpha value is -1.18. The van der Waals surface area contributed by atoms with Gasteiger partial charge in [0.15, 0.2) is 0 Å². The standard InChI is InChI=1S/C11H16N2O4S/c12-18(16,17)9-4-3-5-11(8-9,10(14)15)13-6-1-2-7-13/h3-4,8H,1-2,5-7H2,(H,14,15)(H2,12,16,17). The van der Waals surface area contributed by atoms with E-state index in [0.29, 0.717) is 13.1 Å². The fourth-order valence-corrected chi connectivity index (χ4v) is 3.14. The Bertz CT molecular complexity index is 517. The van der Waals surface area contributed by atoms with Crippen LogP contribution in [0.2, 0.25) is 0 Å². The normalized spacial score (nSPS) is 29.3. The first-order valence-electron chi connectivity index (χ1n) is 5.77. The van der Waals surface area contributed by atoms with Gasteiger partial charge in [-0.15, -0.1) is 0 Å². The lowest BCUT2D eigenvalue weighted by Gasteiger charge is -2.36. The number of sulfonamides is 1. The van der Waals surface area contributed by atoms with E-state index in [9.17, 15) is 18.3 Å². The molecular formula is C11H16N2O4S. The summed E-state index contributed by atoms with van der Waals surface area (Å²) in [5.74, 6) is -1.03. The van der Waals surface area contributed by atoms with Gasteiger partial charge in [0.25, 0.3) is 0 Å². The molecule has 0 bridgehead atoms. The summed E-state index contributed by atoms with van der Waals surface area (Å²) in [5, 5.41) is 14.5. The molecular weight excluding hydrogens is 256 g/mol. The van der Waals surface area contributed by atoms with Crippen LogP contribution in [0.1, 0.15) is 19.3 Å². The van der Waals surface area contributed by atoms with E-state index in [4.69, 9.17) is 5.14 Å². The van der Waals surface area contributed by atoms with Crippen molar-refractivity contribution < 1.29 is 18.3 Å². The Labute approximate surface area is 106 Å². The van der Waals surface area contributed by atoms with Gasteiger partial charge in [-0.1, -0.05) is 6.08 Å². The largest absolute Gasteiger partial charge is 0.480 e. The Morgan fingerprint density at radius 3 is 2.50 bits per heavy atom. The molecule has 2 rings (SSSR count). The summed E-state index contributed by atoms with van der Waals surface area (Å²) in [6.45, 7) is 1.32. The Morgan fingerprint density at radius 1 is 1.39 bits per heavy atom. The third-order valence-electron chi connectivity index (χ3n) is 3.46. The molecule has 18 heavy (non-hydrogen) atoms. The molecule has 1 aliphatic carbocycles. The highest BCUT2D eigenvalue weighted by Crippen LogP contribution is 2.32. The van der Waals surface area contributed by atoms with Crippen LogP contribution in [0.25, 0.3) is 0 Å². The van der Waals surface area contributed by atoms with Crippen LogP contribution in [0.4, 0.5) is 0 Å². The molecule has 0 spiro atoms. The lowest BCUT2D eigenvalue weighted by molar-refractivity contribution is -0.147. The summed E-state index contributed by atoms with van der Waals surface area (Å²) in [5.41, 5.74) is -1.27. The molecule has 1 fully saturated rings. The van der Waals surface area contributed by atoms with E-state index >= 15 is 0 Å². The number of carbonyl (C=O) groups is 1. The molecule has 1 saturated heterocycles. The summed E-state index contributed by atoms with van der Waals surface area (Å²) < 4.78 is 22.7. The summed E-state index contributed by atoms with van der Waals surface area (Å²) in [4.78, 5) is 13.3. The number of nitrogens with zero attached hydrogens (tertiary/aromatic N) is 1. The third-order valence-corrected chi connectivity index (χ3v) is 4.37. The number of aliphatic carboxylic acids is 1. The number of rotatable bonds is 3. The molecule has 100 valence electrons. The maximum Gasteiger partial charge on any atom is 0.328 e. The molecule has 3 N–H and O–H groups in total. The van der Waals surface area contributed by atoms with Gasteiger partial charge in [-0.3, -0.25) is 4.90 Å². The highest BCUT2D eigenvalue weighted by atomic mass is 32.2. The van der Waals surface area contributed by atoms with Gasteiger partial charge in [0, 0.05) is 0 Å². The van der Waals surface area contributed by atoms with E-state index in [1.54, 1.807) is 6.08 Å². The zero-order chi connectivity index (χ0) is 13.4. The topological polar surface area (TPSA) is 101 Å². The number of carboxylic acids is 1. The van der Waals surface area contributed by atoms with E-state index in [1.807, 2.05) is 4.90 Å². The molecule has 0 aromatic carbocycles. The van der Waals surface area contributed by atoms with E-state index in [-0.39, 0.29) is 11.3 Å². The zero-order valence-corrected chi connectivity index (χ0v) is 10.7. The molecule has 2 aliphatic rings. The van der Waals surface area contributed by atoms with Gasteiger partial charge in [-0.25, -0.2) is 18.4 Å². The Morgan fingerprint density at radius 2 is 2.00 bits per heavy atom. The van der Waals surface area contributed by atoms with Gasteiger partial charge >= 0.3 is 5.97 Å². The summed E-state index contributed by atoms with van der Waals surface area (Å²) in [7, 11) is -3.88. The second kappa shape index (κ2) is 4.49. The number of likely N-dealkylation sites (tertiary alicyclic amines) is 1. The number of nitrogens with two attached hydrogens (primary N) is 1. The number of hydrogen-bond acceptors (Lipinski definition) is 4. The first-order chi connectivity index (χ1) is 8.36. The summed E-state index contributed by atoms with van der Waals surface area (Å²) in [6.07, 6.45) is 6.32. The summed E-state index contributed by atoms with van der Waals surface area (Å²) >= 11 is 0. The van der Waals surface area contributed by atoms with Crippen molar-refractivity contribution in [3.63, 3.8) is 0 Å². The summed E-state index contributed by atoms with van der Waals surface area (Å²) in [6, 6.07) is 0. The van der Waals surface area contributed by atoms with Gasteiger partial charge in [0.1, 0.15) is 5.54 Å². The molecule has 0 aromatic heterocycles. The van der Waals surface area contributed by atoms with E-state index < -0.39 is 21.5 Å². The fraction of sp³-hybridized carbons (Fsp3) is 0.545. The monoisotopic (exact) mass is 272 g/mol. The molecule has 0 saturated carbocycles. The van der Waals surface area contributed by atoms with Gasteiger partial charge in [-0.2, -0.15) is 0 Å². The smallest absolute Gasteiger partial charge is 0.328 e. The maximum atomic E-state index is 11.6. The average Bonchev–Trinajstić information content (AvgIpc) is 2.81. The van der Waals surface area contributed by atoms with Crippen molar-refractivity contribution in [2.24, 2.45) is 5.14 Å². The lowest BCUT2D eigenvalue weighted by atomic mass is 9.89. The molecule has 1 heterocycles. The Balaban J connectivity index is 2.46. The second-order valence-corrected chi connectivity index (χ2v) is 6.18. The van der Waals surface area contributed by atoms with Gasteiger partial charge in [0.2, 0.25) is 10.0 Å². The zero-order valence-electron chi connectivity index (χ0n) is 9.87. The van der Waals surface area contributed by atoms with Gasteiger partial charge in [0.05, 0.1) is 4.91 Å². The lowest BCUT2D eigenvalue weighted by Crippen LogP contribution is -2.53. The number of allylic oxidation sites excluding steroid dienone is 1. The fourth-order valence-electron chi connectivity index (χ4n) is 2.49. The maximum absolute atomic E-state index is 11.6. The first-order valence-corrected chi connectivity index (χ1v) is 7.31. The van der Waals surface area contributed by atoms with Crippen molar-refractivity contribution >= 4 is 16.0 Å². The first kappa shape index (κ1) is 13.3. The predicted molar refractivity (Wildman–Crippen MR) is 66.1 cm³/mol. The van der Waals surface area contributed by atoms with Crippen molar-refractivity contribution in [2.45, 2.75) is 24.8 Å². The molecule has 6 nitrogen and oxygen atoms in total. The minimum atomic E-state index is -3.88. The molecule has 0 amide bonds. The van der Waals surface area contributed by atoms with Crippen LogP contribution < -0.4 is 5.14 Å². The van der Waals surface area contributed by atoms with Crippen LogP contribution in [0.15, 0.2) is 23.1 Å². The van der Waals surface area contributed by atoms with E-state index in [1.165, 1.54) is 12.2 Å². The SMILES string of the molecule is NS(=O)(=O)C1=CC(C(=O)O)(N2CCCC2)CC=C1. The molecule has 0 aromatic rings. The highest BCUT2D eigenvalue weighted by molar-refractivity contribution is 7.93. The number of hydrogen-bond donors (Lipinski definition) is 2. The van der Waals surface area contributed by atoms with Crippen molar-refractivity contribution in [2.75, 3.05) is 13.1 Å². The average molecular weight is 272 g/mol. The minimum Gasteiger partial charge on any atom is -0.480 e. The van der Waals surface area contributed by atoms with Crippen molar-refractivity contribution in [1.29, 1.82) is 0 Å². The van der Waals surface area contributed by atoms with Crippen LogP contribution in [0.5, 0.6) is 0 Å². The molecule has 1 unspecified atom stereocenters. The molecule has 1 aliphatic heterocycles. The van der Waals surface area contributed by atoms with Crippen molar-refractivity contribution in [1.82, 2.24) is 4.90 Å². The minimum absolute atomic E-state index is 0.122. The molecule has 7 heteroatoms. The van der Waals surface area contributed by atoms with Crippen LogP contribution in [0.3, 0.4) is 0 Å². The highest BCUT2D eigenvalue weighted by Gasteiger charge is 2.44. The van der Waals surface area contributed by atoms with E-state index in [2.05, 4.69) is 0 Å². The van der Waals surface area contributed by atoms with Gasteiger partial charge in [-0.05, 0) is 44.5 Å².